The van der Waals surface area contributed by atoms with Crippen molar-refractivity contribution in [2.75, 3.05) is 39.5 Å². The molecule has 1 aromatic rings. The van der Waals surface area contributed by atoms with Crippen LogP contribution in [0.2, 0.25) is 5.02 Å². The van der Waals surface area contributed by atoms with E-state index in [9.17, 15) is 12.8 Å². The van der Waals surface area contributed by atoms with Crippen LogP contribution in [0.5, 0.6) is 0 Å². The van der Waals surface area contributed by atoms with Crippen molar-refractivity contribution in [2.45, 2.75) is 11.3 Å². The van der Waals surface area contributed by atoms with Crippen LogP contribution < -0.4 is 5.73 Å². The van der Waals surface area contributed by atoms with Gasteiger partial charge in [-0.3, -0.25) is 0 Å². The van der Waals surface area contributed by atoms with Crippen LogP contribution in [-0.2, 0) is 10.0 Å². The van der Waals surface area contributed by atoms with E-state index in [2.05, 4.69) is 4.90 Å². The van der Waals surface area contributed by atoms with Gasteiger partial charge in [0.05, 0.1) is 5.69 Å². The minimum Gasteiger partial charge on any atom is -0.396 e. The first-order valence-electron chi connectivity index (χ1n) is 6.61. The molecule has 0 radical (unpaired) electrons. The highest BCUT2D eigenvalue weighted by Gasteiger charge is 2.30. The van der Waals surface area contributed by atoms with Gasteiger partial charge in [-0.15, -0.1) is 0 Å². The second-order valence-electron chi connectivity index (χ2n) is 5.51. The number of benzene rings is 1. The van der Waals surface area contributed by atoms with E-state index in [1.807, 2.05) is 7.05 Å². The molecule has 1 fully saturated rings. The van der Waals surface area contributed by atoms with Crippen molar-refractivity contribution in [3.05, 3.63) is 23.0 Å². The van der Waals surface area contributed by atoms with Gasteiger partial charge in [-0.25, -0.2) is 17.1 Å². The van der Waals surface area contributed by atoms with Gasteiger partial charge >= 0.3 is 0 Å². The zero-order chi connectivity index (χ0) is 15.8. The molecule has 0 aromatic heterocycles. The second kappa shape index (κ2) is 6.08. The molecule has 1 atom stereocenters. The number of nitrogen functional groups attached to an aromatic ring is 1. The molecule has 0 amide bonds. The third-order valence-electron chi connectivity index (χ3n) is 3.72. The van der Waals surface area contributed by atoms with Gasteiger partial charge in [-0.2, -0.15) is 0 Å². The molecule has 21 heavy (non-hydrogen) atoms. The topological polar surface area (TPSA) is 66.6 Å². The fraction of sp³-hybridized carbons (Fsp3) is 0.538. The SMILES string of the molecule is CN1CCC(CN(C)S(=O)(=O)c2cc(Cl)cc(N)c2F)C1. The molecule has 1 aliphatic heterocycles. The van der Waals surface area contributed by atoms with Crippen molar-refractivity contribution < 1.29 is 12.8 Å². The fourth-order valence-corrected chi connectivity index (χ4v) is 4.23. The summed E-state index contributed by atoms with van der Waals surface area (Å²) in [5.74, 6) is -0.704. The van der Waals surface area contributed by atoms with Crippen molar-refractivity contribution in [3.63, 3.8) is 0 Å². The summed E-state index contributed by atoms with van der Waals surface area (Å²) in [6, 6.07) is 2.29. The number of nitrogens with zero attached hydrogens (tertiary/aromatic N) is 2. The highest BCUT2D eigenvalue weighted by atomic mass is 35.5. The lowest BCUT2D eigenvalue weighted by atomic mass is 10.1. The van der Waals surface area contributed by atoms with Crippen LogP contribution in [0, 0.1) is 11.7 Å². The minimum absolute atomic E-state index is 0.0986. The summed E-state index contributed by atoms with van der Waals surface area (Å²) in [4.78, 5) is 1.67. The third-order valence-corrected chi connectivity index (χ3v) is 5.77. The lowest BCUT2D eigenvalue weighted by Gasteiger charge is -2.21. The van der Waals surface area contributed by atoms with Crippen molar-refractivity contribution >= 4 is 27.3 Å². The molecule has 1 saturated heterocycles. The van der Waals surface area contributed by atoms with E-state index in [0.29, 0.717) is 6.54 Å². The second-order valence-corrected chi connectivity index (χ2v) is 7.96. The maximum Gasteiger partial charge on any atom is 0.245 e. The highest BCUT2D eigenvalue weighted by molar-refractivity contribution is 7.89. The van der Waals surface area contributed by atoms with Crippen LogP contribution in [-0.4, -0.2) is 51.4 Å². The summed E-state index contributed by atoms with van der Waals surface area (Å²) >= 11 is 5.79. The first-order chi connectivity index (χ1) is 9.71. The molecule has 118 valence electrons. The van der Waals surface area contributed by atoms with E-state index < -0.39 is 20.7 Å². The molecule has 5 nitrogen and oxygen atoms in total. The van der Waals surface area contributed by atoms with Crippen LogP contribution in [0.25, 0.3) is 0 Å². The normalized spacial score (nSPS) is 20.3. The number of halogens is 2. The zero-order valence-corrected chi connectivity index (χ0v) is 13.6. The monoisotopic (exact) mass is 335 g/mol. The molecule has 0 spiro atoms. The van der Waals surface area contributed by atoms with Crippen molar-refractivity contribution in [1.82, 2.24) is 9.21 Å². The van der Waals surface area contributed by atoms with Gasteiger partial charge in [0, 0.05) is 25.2 Å². The number of nitrogens with two attached hydrogens (primary N) is 1. The van der Waals surface area contributed by atoms with E-state index in [-0.39, 0.29) is 16.6 Å². The molecule has 2 N–H and O–H groups in total. The smallest absolute Gasteiger partial charge is 0.245 e. The van der Waals surface area contributed by atoms with Crippen LogP contribution in [0.1, 0.15) is 6.42 Å². The third kappa shape index (κ3) is 3.48. The van der Waals surface area contributed by atoms with E-state index in [1.165, 1.54) is 17.4 Å². The maximum atomic E-state index is 14.0. The molecule has 2 rings (SSSR count). The molecule has 1 unspecified atom stereocenters. The number of sulfonamides is 1. The summed E-state index contributed by atoms with van der Waals surface area (Å²) in [5, 5.41) is 0.0986. The van der Waals surface area contributed by atoms with Crippen molar-refractivity contribution in [3.8, 4) is 0 Å². The summed E-state index contributed by atoms with van der Waals surface area (Å²) in [5.41, 5.74) is 5.18. The molecule has 0 aliphatic carbocycles. The molecule has 8 heteroatoms. The quantitative estimate of drug-likeness (QED) is 0.849. The fourth-order valence-electron chi connectivity index (χ4n) is 2.58. The lowest BCUT2D eigenvalue weighted by Crippen LogP contribution is -2.33. The van der Waals surface area contributed by atoms with Crippen molar-refractivity contribution in [1.29, 1.82) is 0 Å². The summed E-state index contributed by atoms with van der Waals surface area (Å²) in [6.45, 7) is 2.12. The first kappa shape index (κ1) is 16.5. The Morgan fingerprint density at radius 3 is 2.76 bits per heavy atom. The Kier molecular flexibility index (Phi) is 4.77. The average Bonchev–Trinajstić information content (AvgIpc) is 2.79. The number of likely N-dealkylation sites (tertiary alicyclic amines) is 1. The largest absolute Gasteiger partial charge is 0.396 e. The Hall–Kier alpha value is -0.890. The molecule has 1 aromatic carbocycles. The van der Waals surface area contributed by atoms with Gasteiger partial charge in [0.2, 0.25) is 10.0 Å². The van der Waals surface area contributed by atoms with Gasteiger partial charge in [-0.1, -0.05) is 11.6 Å². The molecule has 1 aliphatic rings. The predicted molar refractivity (Wildman–Crippen MR) is 81.2 cm³/mol. The van der Waals surface area contributed by atoms with Gasteiger partial charge in [0.15, 0.2) is 5.82 Å². The average molecular weight is 336 g/mol. The van der Waals surface area contributed by atoms with Gasteiger partial charge in [0.1, 0.15) is 4.90 Å². The Bertz CT molecular complexity index is 639. The molecular formula is C13H19ClFN3O2S. The predicted octanol–water partition coefficient (Wildman–Crippen LogP) is 1.63. The minimum atomic E-state index is -3.94. The number of hydrogen-bond donors (Lipinski definition) is 1. The van der Waals surface area contributed by atoms with Gasteiger partial charge < -0.3 is 10.6 Å². The van der Waals surface area contributed by atoms with E-state index in [1.54, 1.807) is 0 Å². The van der Waals surface area contributed by atoms with Crippen molar-refractivity contribution in [2.24, 2.45) is 5.92 Å². The number of hydrogen-bond acceptors (Lipinski definition) is 4. The van der Waals surface area contributed by atoms with E-state index >= 15 is 0 Å². The molecule has 1 heterocycles. The lowest BCUT2D eigenvalue weighted by molar-refractivity contribution is 0.356. The van der Waals surface area contributed by atoms with E-state index in [0.717, 1.165) is 25.6 Å². The Labute approximate surface area is 129 Å². The zero-order valence-electron chi connectivity index (χ0n) is 12.0. The Balaban J connectivity index is 2.25. The molecule has 0 saturated carbocycles. The number of anilines is 1. The summed E-state index contributed by atoms with van der Waals surface area (Å²) in [7, 11) is -0.504. The van der Waals surface area contributed by atoms with Crippen LogP contribution >= 0.6 is 11.6 Å². The Morgan fingerprint density at radius 2 is 2.19 bits per heavy atom. The van der Waals surface area contributed by atoms with E-state index in [4.69, 9.17) is 17.3 Å². The number of rotatable bonds is 4. The highest BCUT2D eigenvalue weighted by Crippen LogP contribution is 2.28. The molecule has 0 bridgehead atoms. The molecular weight excluding hydrogens is 317 g/mol. The Morgan fingerprint density at radius 1 is 1.52 bits per heavy atom. The standard InChI is InChI=1S/C13H19ClFN3O2S/c1-17-4-3-9(7-17)8-18(2)21(19,20)12-6-10(14)5-11(16)13(12)15/h5-6,9H,3-4,7-8,16H2,1-2H3. The summed E-state index contributed by atoms with van der Waals surface area (Å²) < 4.78 is 40.2. The first-order valence-corrected chi connectivity index (χ1v) is 8.43. The van der Waals surface area contributed by atoms with Crippen LogP contribution in [0.3, 0.4) is 0 Å². The van der Waals surface area contributed by atoms with Crippen LogP contribution in [0.4, 0.5) is 10.1 Å². The summed E-state index contributed by atoms with van der Waals surface area (Å²) in [6.07, 6.45) is 0.927. The maximum absolute atomic E-state index is 14.0. The van der Waals surface area contributed by atoms with Gasteiger partial charge in [0.25, 0.3) is 0 Å². The van der Waals surface area contributed by atoms with Gasteiger partial charge in [-0.05, 0) is 38.1 Å². The van der Waals surface area contributed by atoms with Crippen LogP contribution in [0.15, 0.2) is 17.0 Å².